The third-order valence-electron chi connectivity index (χ3n) is 15.9. The lowest BCUT2D eigenvalue weighted by atomic mass is 9.52. The second-order valence-corrected chi connectivity index (χ2v) is 19.4. The van der Waals surface area contributed by atoms with Crippen LogP contribution in [-0.2, 0) is 16.2 Å². The van der Waals surface area contributed by atoms with Crippen LogP contribution in [0.15, 0.2) is 242 Å². The largest absolute Gasteiger partial charge is 0.311 e. The van der Waals surface area contributed by atoms with Gasteiger partial charge in [-0.2, -0.15) is 0 Å². The summed E-state index contributed by atoms with van der Waals surface area (Å²) in [5.74, 6) is 0.400. The fourth-order valence-corrected chi connectivity index (χ4v) is 13.1. The van der Waals surface area contributed by atoms with Crippen molar-refractivity contribution in [2.45, 2.75) is 55.3 Å². The molecule has 0 spiro atoms. The number of rotatable bonds is 7. The topological polar surface area (TPSA) is 3.24 Å². The predicted molar refractivity (Wildman–Crippen MR) is 274 cm³/mol. The van der Waals surface area contributed by atoms with Crippen molar-refractivity contribution in [3.05, 3.63) is 303 Å². The van der Waals surface area contributed by atoms with E-state index in [0.29, 0.717) is 5.92 Å². The molecule has 0 fully saturated rings. The molecule has 1 heteroatoms. The summed E-state index contributed by atoms with van der Waals surface area (Å²) in [5, 5.41) is 0. The summed E-state index contributed by atoms with van der Waals surface area (Å²) in [5.41, 5.74) is 22.8. The van der Waals surface area contributed by atoms with E-state index in [1.54, 1.807) is 0 Å². The Bertz CT molecular complexity index is 3340. The predicted octanol–water partition coefficient (Wildman–Crippen LogP) is 15.9. The minimum Gasteiger partial charge on any atom is -0.311 e. The summed E-state index contributed by atoms with van der Waals surface area (Å²) in [6, 6.07) is 76.2. The van der Waals surface area contributed by atoms with Crippen LogP contribution in [0.1, 0.15) is 100 Å². The lowest BCUT2D eigenvalue weighted by Crippen LogP contribution is -2.44. The number of hydrogen-bond donors (Lipinski definition) is 0. The maximum absolute atomic E-state index is 2.52. The van der Waals surface area contributed by atoms with Crippen LogP contribution in [0.2, 0.25) is 0 Å². The van der Waals surface area contributed by atoms with Crippen LogP contribution >= 0.6 is 0 Å². The smallest absolute Gasteiger partial charge is 0.0720 e. The van der Waals surface area contributed by atoms with E-state index in [-0.39, 0.29) is 5.41 Å². The Morgan fingerprint density at radius 2 is 1.05 bits per heavy atom. The Hall–Kier alpha value is -7.48. The number of hydrogen-bond acceptors (Lipinski definition) is 1. The van der Waals surface area contributed by atoms with Gasteiger partial charge in [0.25, 0.3) is 0 Å². The van der Waals surface area contributed by atoms with Crippen LogP contribution in [-0.4, -0.2) is 0 Å². The molecule has 316 valence electrons. The fraction of sp³-hybridized carbons (Fsp3) is 0.138. The van der Waals surface area contributed by atoms with E-state index in [2.05, 4.69) is 249 Å². The lowest BCUT2D eigenvalue weighted by Gasteiger charge is -2.49. The van der Waals surface area contributed by atoms with Crippen molar-refractivity contribution < 1.29 is 0 Å². The van der Waals surface area contributed by atoms with Crippen LogP contribution in [0, 0.1) is 0 Å². The minimum atomic E-state index is -0.602. The van der Waals surface area contributed by atoms with E-state index in [1.165, 1.54) is 94.9 Å². The van der Waals surface area contributed by atoms with E-state index in [4.69, 9.17) is 0 Å². The van der Waals surface area contributed by atoms with Gasteiger partial charge in [0, 0.05) is 28.4 Å². The molecule has 13 rings (SSSR count). The quantitative estimate of drug-likeness (QED) is 0.154. The summed E-state index contributed by atoms with van der Waals surface area (Å²) in [4.78, 5) is 2.51. The van der Waals surface area contributed by atoms with Crippen LogP contribution < -0.4 is 4.90 Å². The molecule has 0 bridgehead atoms. The molecule has 1 nitrogen and oxygen atoms in total. The summed E-state index contributed by atoms with van der Waals surface area (Å²) >= 11 is 0. The first-order chi connectivity index (χ1) is 32.5. The highest BCUT2D eigenvalue weighted by molar-refractivity contribution is 5.92. The zero-order chi connectivity index (χ0) is 44.0. The molecule has 8 aromatic rings. The standard InChI is InChI=1S/C65H51N/c1-63(2)56-28-14-12-25-52(56)54-42-41-51(43-61(54)63)66(49-37-33-45(34-38-49)44-19-6-3-7-20-44)50-39-35-48(36-40-50)64(46-21-8-4-9-22-46)58-30-16-17-31-59(58)65(47-23-10-5-11-24-47)57-29-15-13-26-53(57)55-27-18-32-60(64)62(55)65/h3-6,8-19,21-41,43,54H,7,20,42H2,1-2H3. The van der Waals surface area contributed by atoms with Crippen molar-refractivity contribution in [3.8, 4) is 11.1 Å². The first kappa shape index (κ1) is 38.9. The normalized spacial score (nSPS) is 21.3. The van der Waals surface area contributed by atoms with Crippen molar-refractivity contribution in [1.29, 1.82) is 0 Å². The molecule has 0 amide bonds. The Balaban J connectivity index is 1.02. The van der Waals surface area contributed by atoms with E-state index in [9.17, 15) is 0 Å². The van der Waals surface area contributed by atoms with Gasteiger partial charge in [0.05, 0.1) is 10.8 Å². The van der Waals surface area contributed by atoms with Gasteiger partial charge in [0.15, 0.2) is 0 Å². The van der Waals surface area contributed by atoms with Gasteiger partial charge in [-0.3, -0.25) is 0 Å². The van der Waals surface area contributed by atoms with E-state index in [1.807, 2.05) is 0 Å². The van der Waals surface area contributed by atoms with Gasteiger partial charge < -0.3 is 4.90 Å². The van der Waals surface area contributed by atoms with Gasteiger partial charge in [-0.25, -0.2) is 0 Å². The van der Waals surface area contributed by atoms with E-state index < -0.39 is 10.8 Å². The summed E-state index contributed by atoms with van der Waals surface area (Å²) in [6.07, 6.45) is 14.9. The van der Waals surface area contributed by atoms with Gasteiger partial charge in [-0.05, 0) is 128 Å². The second-order valence-electron chi connectivity index (χ2n) is 19.4. The van der Waals surface area contributed by atoms with Crippen LogP contribution in [0.25, 0.3) is 16.7 Å². The summed E-state index contributed by atoms with van der Waals surface area (Å²) in [7, 11) is 0. The Labute approximate surface area is 389 Å². The average Bonchev–Trinajstić information content (AvgIpc) is 3.82. The van der Waals surface area contributed by atoms with Crippen LogP contribution in [0.4, 0.5) is 11.4 Å². The molecule has 0 heterocycles. The van der Waals surface area contributed by atoms with Crippen molar-refractivity contribution in [2.24, 2.45) is 0 Å². The highest BCUT2D eigenvalue weighted by Crippen LogP contribution is 2.66. The number of nitrogens with zero attached hydrogens (tertiary/aromatic N) is 1. The van der Waals surface area contributed by atoms with Gasteiger partial charge >= 0.3 is 0 Å². The van der Waals surface area contributed by atoms with Crippen LogP contribution in [0.3, 0.4) is 0 Å². The molecule has 8 aromatic carbocycles. The molecule has 0 aliphatic heterocycles. The molecule has 5 aliphatic rings. The third-order valence-corrected chi connectivity index (χ3v) is 15.9. The first-order valence-corrected chi connectivity index (χ1v) is 23.8. The highest BCUT2D eigenvalue weighted by atomic mass is 15.1. The van der Waals surface area contributed by atoms with Gasteiger partial charge in [0.1, 0.15) is 0 Å². The average molecular weight is 846 g/mol. The van der Waals surface area contributed by atoms with Crippen molar-refractivity contribution in [2.75, 3.05) is 4.90 Å². The van der Waals surface area contributed by atoms with E-state index >= 15 is 0 Å². The number of anilines is 2. The molecule has 0 saturated heterocycles. The monoisotopic (exact) mass is 845 g/mol. The van der Waals surface area contributed by atoms with Crippen molar-refractivity contribution in [3.63, 3.8) is 0 Å². The zero-order valence-electron chi connectivity index (χ0n) is 37.6. The number of allylic oxidation sites excluding steroid dienone is 7. The maximum atomic E-state index is 2.52. The third kappa shape index (κ3) is 5.35. The Morgan fingerprint density at radius 3 is 1.74 bits per heavy atom. The zero-order valence-corrected chi connectivity index (χ0v) is 37.6. The first-order valence-electron chi connectivity index (χ1n) is 23.8. The number of benzene rings is 8. The molecular weight excluding hydrogens is 795 g/mol. The molecule has 0 saturated carbocycles. The lowest BCUT2D eigenvalue weighted by molar-refractivity contribution is 0.609. The van der Waals surface area contributed by atoms with Gasteiger partial charge in [-0.15, -0.1) is 0 Å². The van der Waals surface area contributed by atoms with Crippen molar-refractivity contribution in [1.82, 2.24) is 0 Å². The molecule has 3 unspecified atom stereocenters. The number of fused-ring (bicyclic) bond motifs is 8. The molecular formula is C65H51N. The van der Waals surface area contributed by atoms with Crippen LogP contribution in [0.5, 0.6) is 0 Å². The Kier molecular flexibility index (Phi) is 8.72. The fourth-order valence-electron chi connectivity index (χ4n) is 13.1. The molecule has 66 heavy (non-hydrogen) atoms. The van der Waals surface area contributed by atoms with E-state index in [0.717, 1.165) is 24.9 Å². The Morgan fingerprint density at radius 1 is 0.485 bits per heavy atom. The SMILES string of the molecule is CC1(C)C2=CC(N(c3ccc(C4=CC=CCC4)cc3)c3ccc(C4(c5ccccc5)c5ccccc5C5(c6ccccc6)c6ccccc6-c6cccc4c65)cc3)=CCC2c2ccccc21. The van der Waals surface area contributed by atoms with Gasteiger partial charge in [-0.1, -0.05) is 220 Å². The molecule has 0 N–H and O–H groups in total. The molecule has 0 aromatic heterocycles. The molecule has 0 radical (unpaired) electrons. The summed E-state index contributed by atoms with van der Waals surface area (Å²) in [6.45, 7) is 4.83. The second kappa shape index (κ2) is 14.8. The summed E-state index contributed by atoms with van der Waals surface area (Å²) < 4.78 is 0. The van der Waals surface area contributed by atoms with Gasteiger partial charge in [0.2, 0.25) is 0 Å². The van der Waals surface area contributed by atoms with Crippen molar-refractivity contribution >= 4 is 16.9 Å². The molecule has 5 aliphatic carbocycles. The molecule has 3 atom stereocenters. The minimum absolute atomic E-state index is 0.0534. The maximum Gasteiger partial charge on any atom is 0.0720 e. The highest BCUT2D eigenvalue weighted by Gasteiger charge is 2.57.